The molecule has 1 aliphatic rings. The van der Waals surface area contributed by atoms with Gasteiger partial charge in [-0.2, -0.15) is 0 Å². The summed E-state index contributed by atoms with van der Waals surface area (Å²) in [4.78, 5) is 2.29. The summed E-state index contributed by atoms with van der Waals surface area (Å²) < 4.78 is 13.3. The molecule has 0 aromatic heterocycles. The molecule has 1 aliphatic carbocycles. The fourth-order valence-corrected chi connectivity index (χ4v) is 3.40. The van der Waals surface area contributed by atoms with E-state index in [0.717, 1.165) is 18.7 Å². The van der Waals surface area contributed by atoms with Gasteiger partial charge in [-0.05, 0) is 56.1 Å². The summed E-state index contributed by atoms with van der Waals surface area (Å²) >= 11 is 5.90. The second-order valence-corrected chi connectivity index (χ2v) is 5.98. The van der Waals surface area contributed by atoms with Crippen molar-refractivity contribution in [3.05, 3.63) is 34.6 Å². The van der Waals surface area contributed by atoms with Gasteiger partial charge in [0.2, 0.25) is 0 Å². The lowest BCUT2D eigenvalue weighted by molar-refractivity contribution is 0.127. The normalized spacial score (nSPS) is 23.8. The first-order chi connectivity index (χ1) is 9.10. The molecule has 0 saturated heterocycles. The zero-order valence-corrected chi connectivity index (χ0v) is 12.2. The van der Waals surface area contributed by atoms with Gasteiger partial charge >= 0.3 is 0 Å². The summed E-state index contributed by atoms with van der Waals surface area (Å²) in [5, 5.41) is 0.461. The number of benzene rings is 1. The lowest BCUT2D eigenvalue weighted by atomic mass is 9.83. The van der Waals surface area contributed by atoms with Gasteiger partial charge in [0.15, 0.2) is 0 Å². The molecule has 4 heteroatoms. The van der Waals surface area contributed by atoms with Crippen LogP contribution in [0.5, 0.6) is 0 Å². The maximum absolute atomic E-state index is 13.3. The van der Waals surface area contributed by atoms with E-state index in [0.29, 0.717) is 17.0 Å². The molecule has 0 amide bonds. The van der Waals surface area contributed by atoms with E-state index in [1.54, 1.807) is 6.07 Å². The molecule has 1 aromatic rings. The molecule has 1 saturated carbocycles. The van der Waals surface area contributed by atoms with Gasteiger partial charge in [-0.3, -0.25) is 4.90 Å². The second-order valence-electron chi connectivity index (χ2n) is 5.54. The molecule has 0 bridgehead atoms. The van der Waals surface area contributed by atoms with Gasteiger partial charge in [0.1, 0.15) is 5.82 Å². The molecule has 19 heavy (non-hydrogen) atoms. The first-order valence-corrected chi connectivity index (χ1v) is 7.33. The van der Waals surface area contributed by atoms with Crippen LogP contribution in [0.25, 0.3) is 0 Å². The lowest BCUT2D eigenvalue weighted by Gasteiger charge is -2.37. The van der Waals surface area contributed by atoms with Crippen LogP contribution in [0.3, 0.4) is 0 Å². The van der Waals surface area contributed by atoms with E-state index in [4.69, 9.17) is 17.3 Å². The Bertz CT molecular complexity index is 404. The maximum atomic E-state index is 13.3. The third-order valence-electron chi connectivity index (χ3n) is 4.09. The Kier molecular flexibility index (Phi) is 5.20. The lowest BCUT2D eigenvalue weighted by Crippen LogP contribution is -2.42. The van der Waals surface area contributed by atoms with Gasteiger partial charge in [-0.25, -0.2) is 4.39 Å². The fourth-order valence-electron chi connectivity index (χ4n) is 3.15. The van der Waals surface area contributed by atoms with Crippen LogP contribution in [0.4, 0.5) is 4.39 Å². The molecule has 1 fully saturated rings. The van der Waals surface area contributed by atoms with Crippen LogP contribution in [-0.4, -0.2) is 24.5 Å². The molecular weight excluding hydrogens is 263 g/mol. The number of halogens is 2. The monoisotopic (exact) mass is 284 g/mol. The minimum atomic E-state index is -0.269. The Balaban J connectivity index is 2.04. The molecule has 2 N–H and O–H groups in total. The van der Waals surface area contributed by atoms with Gasteiger partial charge in [-0.1, -0.05) is 24.4 Å². The Morgan fingerprint density at radius 1 is 1.32 bits per heavy atom. The Labute approximate surface area is 119 Å². The molecule has 0 radical (unpaired) electrons. The highest BCUT2D eigenvalue weighted by Crippen LogP contribution is 2.28. The van der Waals surface area contributed by atoms with Crippen molar-refractivity contribution in [2.75, 3.05) is 13.6 Å². The Hall–Kier alpha value is -0.640. The molecule has 2 nitrogen and oxygen atoms in total. The van der Waals surface area contributed by atoms with E-state index in [2.05, 4.69) is 11.9 Å². The van der Waals surface area contributed by atoms with E-state index in [9.17, 15) is 4.39 Å². The summed E-state index contributed by atoms with van der Waals surface area (Å²) in [7, 11) is 2.09. The van der Waals surface area contributed by atoms with Crippen LogP contribution in [0, 0.1) is 11.7 Å². The number of nitrogens with zero attached hydrogens (tertiary/aromatic N) is 1. The number of nitrogens with two attached hydrogens (primary N) is 1. The van der Waals surface area contributed by atoms with Crippen molar-refractivity contribution in [3.8, 4) is 0 Å². The van der Waals surface area contributed by atoms with Crippen molar-refractivity contribution in [1.82, 2.24) is 4.90 Å². The minimum Gasteiger partial charge on any atom is -0.330 e. The van der Waals surface area contributed by atoms with Crippen LogP contribution in [-0.2, 0) is 6.54 Å². The van der Waals surface area contributed by atoms with Crippen LogP contribution in [0.2, 0.25) is 5.02 Å². The molecule has 2 atom stereocenters. The highest BCUT2D eigenvalue weighted by Gasteiger charge is 2.27. The highest BCUT2D eigenvalue weighted by molar-refractivity contribution is 6.30. The molecular formula is C15H22ClFN2. The van der Waals surface area contributed by atoms with Gasteiger partial charge in [-0.15, -0.1) is 0 Å². The van der Waals surface area contributed by atoms with Crippen LogP contribution in [0.1, 0.15) is 31.2 Å². The first kappa shape index (κ1) is 14.8. The molecule has 0 heterocycles. The van der Waals surface area contributed by atoms with Crippen molar-refractivity contribution in [3.63, 3.8) is 0 Å². The van der Waals surface area contributed by atoms with E-state index in [1.807, 2.05) is 6.07 Å². The number of rotatable bonds is 4. The SMILES string of the molecule is CN(Cc1cc(F)cc(Cl)c1)C1CCCCC1CN. The predicted molar refractivity (Wildman–Crippen MR) is 77.7 cm³/mol. The van der Waals surface area contributed by atoms with Crippen molar-refractivity contribution >= 4 is 11.6 Å². The average Bonchev–Trinajstić information content (AvgIpc) is 2.37. The molecule has 2 unspecified atom stereocenters. The van der Waals surface area contributed by atoms with Crippen molar-refractivity contribution in [2.45, 2.75) is 38.3 Å². The Morgan fingerprint density at radius 2 is 2.05 bits per heavy atom. The van der Waals surface area contributed by atoms with Crippen LogP contribution < -0.4 is 5.73 Å². The van der Waals surface area contributed by atoms with Gasteiger partial charge < -0.3 is 5.73 Å². The summed E-state index contributed by atoms with van der Waals surface area (Å²) in [6.45, 7) is 1.46. The third kappa shape index (κ3) is 3.91. The smallest absolute Gasteiger partial charge is 0.125 e. The highest BCUT2D eigenvalue weighted by atomic mass is 35.5. The van der Waals surface area contributed by atoms with E-state index >= 15 is 0 Å². The average molecular weight is 285 g/mol. The van der Waals surface area contributed by atoms with E-state index in [-0.39, 0.29) is 5.82 Å². The number of hydrogen-bond acceptors (Lipinski definition) is 2. The summed E-state index contributed by atoms with van der Waals surface area (Å²) in [6.07, 6.45) is 4.92. The largest absolute Gasteiger partial charge is 0.330 e. The standard InChI is InChI=1S/C15H22ClFN2/c1-19(15-5-3-2-4-12(15)9-18)10-11-6-13(16)8-14(17)7-11/h6-8,12,15H,2-5,9-10,18H2,1H3. The zero-order valence-electron chi connectivity index (χ0n) is 11.4. The van der Waals surface area contributed by atoms with Crippen LogP contribution in [0.15, 0.2) is 18.2 Å². The van der Waals surface area contributed by atoms with E-state index < -0.39 is 0 Å². The van der Waals surface area contributed by atoms with Gasteiger partial charge in [0, 0.05) is 17.6 Å². The fraction of sp³-hybridized carbons (Fsp3) is 0.600. The van der Waals surface area contributed by atoms with Gasteiger partial charge in [0.25, 0.3) is 0 Å². The van der Waals surface area contributed by atoms with Crippen LogP contribution >= 0.6 is 11.6 Å². The minimum absolute atomic E-state index is 0.269. The first-order valence-electron chi connectivity index (χ1n) is 6.95. The predicted octanol–water partition coefficient (Wildman–Crippen LogP) is 3.43. The molecule has 1 aromatic carbocycles. The third-order valence-corrected chi connectivity index (χ3v) is 4.31. The summed E-state index contributed by atoms with van der Waals surface area (Å²) in [6, 6.07) is 5.24. The molecule has 2 rings (SSSR count). The van der Waals surface area contributed by atoms with Crippen molar-refractivity contribution in [2.24, 2.45) is 11.7 Å². The molecule has 0 spiro atoms. The topological polar surface area (TPSA) is 29.3 Å². The molecule has 0 aliphatic heterocycles. The van der Waals surface area contributed by atoms with E-state index in [1.165, 1.54) is 31.7 Å². The Morgan fingerprint density at radius 3 is 2.74 bits per heavy atom. The quantitative estimate of drug-likeness (QED) is 0.918. The summed E-state index contributed by atoms with van der Waals surface area (Å²) in [5.74, 6) is 0.290. The zero-order chi connectivity index (χ0) is 13.8. The van der Waals surface area contributed by atoms with Crippen molar-refractivity contribution < 1.29 is 4.39 Å². The maximum Gasteiger partial charge on any atom is 0.125 e. The second kappa shape index (κ2) is 6.69. The molecule has 106 valence electrons. The van der Waals surface area contributed by atoms with Crippen molar-refractivity contribution in [1.29, 1.82) is 0 Å². The van der Waals surface area contributed by atoms with Gasteiger partial charge in [0.05, 0.1) is 0 Å². The summed E-state index contributed by atoms with van der Waals surface area (Å²) in [5.41, 5.74) is 6.79. The number of hydrogen-bond donors (Lipinski definition) is 1.